The van der Waals surface area contributed by atoms with Gasteiger partial charge < -0.3 is 10.2 Å². The lowest BCUT2D eigenvalue weighted by Crippen LogP contribution is -2.50. The van der Waals surface area contributed by atoms with E-state index in [0.717, 1.165) is 37.8 Å². The molecule has 138 valence electrons. The fourth-order valence-electron chi connectivity index (χ4n) is 3.44. The highest BCUT2D eigenvalue weighted by atomic mass is 32.2. The molecular formula is C17H24FN3O3S. The monoisotopic (exact) mass is 369 g/mol. The lowest BCUT2D eigenvalue weighted by atomic mass is 10.1. The normalized spacial score (nSPS) is 20.0. The third-order valence-electron chi connectivity index (χ3n) is 4.91. The van der Waals surface area contributed by atoms with Crippen LogP contribution in [0.25, 0.3) is 0 Å². The van der Waals surface area contributed by atoms with Crippen LogP contribution in [0.5, 0.6) is 0 Å². The van der Waals surface area contributed by atoms with E-state index in [9.17, 15) is 17.6 Å². The molecule has 1 saturated heterocycles. The smallest absolute Gasteiger partial charge is 0.317 e. The van der Waals surface area contributed by atoms with Gasteiger partial charge in [-0.2, -0.15) is 0 Å². The summed E-state index contributed by atoms with van der Waals surface area (Å²) in [4.78, 5) is 14.0. The van der Waals surface area contributed by atoms with Gasteiger partial charge in [0.25, 0.3) is 0 Å². The first-order valence-corrected chi connectivity index (χ1v) is 10.3. The zero-order chi connectivity index (χ0) is 17.9. The number of carbonyl (C=O) groups excluding carboxylic acids is 1. The summed E-state index contributed by atoms with van der Waals surface area (Å²) in [5.74, 6) is -0.472. The molecule has 1 aliphatic carbocycles. The van der Waals surface area contributed by atoms with Crippen molar-refractivity contribution in [2.45, 2.75) is 55.5 Å². The van der Waals surface area contributed by atoms with Crippen molar-refractivity contribution in [3.05, 3.63) is 30.1 Å². The van der Waals surface area contributed by atoms with Gasteiger partial charge in [-0.05, 0) is 49.9 Å². The fraction of sp³-hybridized carbons (Fsp3) is 0.588. The van der Waals surface area contributed by atoms with Crippen LogP contribution in [0.15, 0.2) is 29.2 Å². The van der Waals surface area contributed by atoms with Crippen LogP contribution in [0.2, 0.25) is 0 Å². The maximum absolute atomic E-state index is 12.9. The third-order valence-corrected chi connectivity index (χ3v) is 6.45. The zero-order valence-electron chi connectivity index (χ0n) is 14.1. The molecule has 1 aliphatic heterocycles. The Morgan fingerprint density at radius 1 is 1.00 bits per heavy atom. The summed E-state index contributed by atoms with van der Waals surface area (Å²) in [5, 5.41) is 3.06. The molecule has 1 saturated carbocycles. The van der Waals surface area contributed by atoms with Crippen molar-refractivity contribution in [3.8, 4) is 0 Å². The van der Waals surface area contributed by atoms with Gasteiger partial charge in [0, 0.05) is 25.2 Å². The SMILES string of the molecule is O=C(NC1CCCC1)N1CCC(NS(=O)(=O)c2ccc(F)cc2)CC1. The molecule has 2 fully saturated rings. The van der Waals surface area contributed by atoms with Crippen molar-refractivity contribution in [1.29, 1.82) is 0 Å². The van der Waals surface area contributed by atoms with Crippen LogP contribution in [-0.4, -0.2) is 44.5 Å². The van der Waals surface area contributed by atoms with Crippen LogP contribution in [0.3, 0.4) is 0 Å². The van der Waals surface area contributed by atoms with Gasteiger partial charge in [0.2, 0.25) is 10.0 Å². The number of likely N-dealkylation sites (tertiary alicyclic amines) is 1. The highest BCUT2D eigenvalue weighted by molar-refractivity contribution is 7.89. The summed E-state index contributed by atoms with van der Waals surface area (Å²) in [7, 11) is -3.67. The van der Waals surface area contributed by atoms with Gasteiger partial charge in [-0.3, -0.25) is 0 Å². The number of nitrogens with one attached hydrogen (secondary N) is 2. The summed E-state index contributed by atoms with van der Waals surface area (Å²) in [5.41, 5.74) is 0. The van der Waals surface area contributed by atoms with Crippen LogP contribution >= 0.6 is 0 Å². The highest BCUT2D eigenvalue weighted by Gasteiger charge is 2.28. The number of urea groups is 1. The number of hydrogen-bond acceptors (Lipinski definition) is 3. The predicted molar refractivity (Wildman–Crippen MR) is 92.1 cm³/mol. The molecule has 1 aromatic carbocycles. The largest absolute Gasteiger partial charge is 0.335 e. The van der Waals surface area contributed by atoms with E-state index in [0.29, 0.717) is 25.9 Å². The molecule has 8 heteroatoms. The zero-order valence-corrected chi connectivity index (χ0v) is 14.9. The summed E-state index contributed by atoms with van der Waals surface area (Å²) in [6.07, 6.45) is 5.55. The average Bonchev–Trinajstić information content (AvgIpc) is 3.08. The summed E-state index contributed by atoms with van der Waals surface area (Å²) in [6.45, 7) is 1.05. The van der Waals surface area contributed by atoms with E-state index in [1.54, 1.807) is 4.90 Å². The molecule has 0 atom stereocenters. The molecule has 6 nitrogen and oxygen atoms in total. The Balaban J connectivity index is 1.50. The number of rotatable bonds is 4. The molecule has 0 radical (unpaired) electrons. The Morgan fingerprint density at radius 2 is 1.60 bits per heavy atom. The van der Waals surface area contributed by atoms with E-state index in [1.807, 2.05) is 0 Å². The minimum Gasteiger partial charge on any atom is -0.335 e. The number of carbonyl (C=O) groups is 1. The lowest BCUT2D eigenvalue weighted by Gasteiger charge is -2.33. The molecule has 0 aromatic heterocycles. The van der Waals surface area contributed by atoms with Gasteiger partial charge in [-0.1, -0.05) is 12.8 Å². The summed E-state index contributed by atoms with van der Waals surface area (Å²) in [6, 6.07) is 4.78. The topological polar surface area (TPSA) is 78.5 Å². The molecule has 25 heavy (non-hydrogen) atoms. The minimum absolute atomic E-state index is 0.0493. The lowest BCUT2D eigenvalue weighted by molar-refractivity contribution is 0.176. The Hall–Kier alpha value is -1.67. The molecular weight excluding hydrogens is 345 g/mol. The molecule has 2 N–H and O–H groups in total. The van der Waals surface area contributed by atoms with E-state index >= 15 is 0 Å². The summed E-state index contributed by atoms with van der Waals surface area (Å²) < 4.78 is 40.3. The number of amides is 2. The van der Waals surface area contributed by atoms with E-state index in [4.69, 9.17) is 0 Å². The highest BCUT2D eigenvalue weighted by Crippen LogP contribution is 2.19. The van der Waals surface area contributed by atoms with Crippen molar-refractivity contribution in [2.24, 2.45) is 0 Å². The van der Waals surface area contributed by atoms with E-state index < -0.39 is 15.8 Å². The third kappa shape index (κ3) is 4.70. The van der Waals surface area contributed by atoms with Crippen molar-refractivity contribution < 1.29 is 17.6 Å². The number of nitrogens with zero attached hydrogens (tertiary/aromatic N) is 1. The number of piperidine rings is 1. The number of sulfonamides is 1. The second kappa shape index (κ2) is 7.70. The van der Waals surface area contributed by atoms with E-state index in [2.05, 4.69) is 10.0 Å². The number of hydrogen-bond donors (Lipinski definition) is 2. The van der Waals surface area contributed by atoms with Gasteiger partial charge in [0.1, 0.15) is 5.82 Å². The molecule has 0 bridgehead atoms. The van der Waals surface area contributed by atoms with E-state index in [-0.39, 0.29) is 23.0 Å². The first-order chi connectivity index (χ1) is 11.9. The second-order valence-corrected chi connectivity index (χ2v) is 8.48. The number of halogens is 1. The Morgan fingerprint density at radius 3 is 2.20 bits per heavy atom. The first kappa shape index (κ1) is 18.1. The Bertz CT molecular complexity index is 694. The van der Waals surface area contributed by atoms with Gasteiger partial charge in [-0.15, -0.1) is 0 Å². The van der Waals surface area contributed by atoms with Gasteiger partial charge in [0.05, 0.1) is 4.90 Å². The van der Waals surface area contributed by atoms with Gasteiger partial charge >= 0.3 is 6.03 Å². The van der Waals surface area contributed by atoms with Crippen molar-refractivity contribution in [1.82, 2.24) is 14.9 Å². The van der Waals surface area contributed by atoms with Crippen LogP contribution in [0, 0.1) is 5.82 Å². The van der Waals surface area contributed by atoms with Gasteiger partial charge in [0.15, 0.2) is 0 Å². The fourth-order valence-corrected chi connectivity index (χ4v) is 4.74. The average molecular weight is 369 g/mol. The molecule has 3 rings (SSSR count). The van der Waals surface area contributed by atoms with Crippen molar-refractivity contribution >= 4 is 16.1 Å². The minimum atomic E-state index is -3.67. The Kier molecular flexibility index (Phi) is 5.58. The molecule has 2 aliphatic rings. The van der Waals surface area contributed by atoms with Gasteiger partial charge in [-0.25, -0.2) is 22.3 Å². The molecule has 2 amide bonds. The second-order valence-electron chi connectivity index (χ2n) is 6.77. The van der Waals surface area contributed by atoms with Crippen LogP contribution < -0.4 is 10.0 Å². The molecule has 1 aromatic rings. The standard InChI is InChI=1S/C17H24FN3O3S/c18-13-5-7-16(8-6-13)25(23,24)20-15-9-11-21(12-10-15)17(22)19-14-3-1-2-4-14/h5-8,14-15,20H,1-4,9-12H2,(H,19,22). The van der Waals surface area contributed by atoms with Crippen LogP contribution in [0.4, 0.5) is 9.18 Å². The predicted octanol–water partition coefficient (Wildman–Crippen LogP) is 2.22. The van der Waals surface area contributed by atoms with Crippen LogP contribution in [-0.2, 0) is 10.0 Å². The Labute approximate surface area is 147 Å². The molecule has 0 unspecified atom stereocenters. The maximum atomic E-state index is 12.9. The quantitative estimate of drug-likeness (QED) is 0.854. The van der Waals surface area contributed by atoms with Crippen molar-refractivity contribution in [2.75, 3.05) is 13.1 Å². The van der Waals surface area contributed by atoms with E-state index in [1.165, 1.54) is 12.1 Å². The molecule has 1 heterocycles. The molecule has 0 spiro atoms. The summed E-state index contributed by atoms with van der Waals surface area (Å²) >= 11 is 0. The first-order valence-electron chi connectivity index (χ1n) is 8.77. The maximum Gasteiger partial charge on any atom is 0.317 e. The van der Waals surface area contributed by atoms with Crippen molar-refractivity contribution in [3.63, 3.8) is 0 Å². The number of benzene rings is 1. The van der Waals surface area contributed by atoms with Crippen LogP contribution in [0.1, 0.15) is 38.5 Å².